The van der Waals surface area contributed by atoms with Gasteiger partial charge in [0.2, 0.25) is 0 Å². The molecule has 0 N–H and O–H groups in total. The lowest BCUT2D eigenvalue weighted by molar-refractivity contribution is 0.674. The second-order valence-corrected chi connectivity index (χ2v) is 5.25. The highest BCUT2D eigenvalue weighted by Crippen LogP contribution is 2.19. The van der Waals surface area contributed by atoms with Gasteiger partial charge in [-0.05, 0) is 30.9 Å². The summed E-state index contributed by atoms with van der Waals surface area (Å²) in [4.78, 5) is 4.05. The van der Waals surface area contributed by atoms with Gasteiger partial charge in [0, 0.05) is 34.2 Å². The van der Waals surface area contributed by atoms with Gasteiger partial charge in [0.15, 0.2) is 0 Å². The van der Waals surface area contributed by atoms with Crippen LogP contribution in [0.4, 0.5) is 0 Å². The molecule has 2 rings (SSSR count). The van der Waals surface area contributed by atoms with Gasteiger partial charge in [-0.15, -0.1) is 0 Å². The fourth-order valence-corrected chi connectivity index (χ4v) is 3.32. The Balaban J connectivity index is 2.02. The van der Waals surface area contributed by atoms with Crippen LogP contribution in [0.2, 0.25) is 0 Å². The SMILES string of the molecule is O=S1CCCC1Cc1cccnc1. The molecule has 70 valence electrons. The third kappa shape index (κ3) is 2.15. The van der Waals surface area contributed by atoms with Gasteiger partial charge in [-0.2, -0.15) is 0 Å². The van der Waals surface area contributed by atoms with Crippen LogP contribution in [-0.4, -0.2) is 20.2 Å². The van der Waals surface area contributed by atoms with Crippen LogP contribution >= 0.6 is 0 Å². The van der Waals surface area contributed by atoms with Crippen LogP contribution in [0, 0.1) is 0 Å². The van der Waals surface area contributed by atoms with E-state index in [2.05, 4.69) is 11.1 Å². The van der Waals surface area contributed by atoms with E-state index >= 15 is 0 Å². The molecule has 0 saturated carbocycles. The van der Waals surface area contributed by atoms with Crippen LogP contribution < -0.4 is 0 Å². The maximum absolute atomic E-state index is 11.5. The van der Waals surface area contributed by atoms with E-state index in [-0.39, 0.29) is 0 Å². The summed E-state index contributed by atoms with van der Waals surface area (Å²) in [5.41, 5.74) is 1.21. The molecule has 1 saturated heterocycles. The normalized spacial score (nSPS) is 27.7. The Morgan fingerprint density at radius 2 is 2.54 bits per heavy atom. The summed E-state index contributed by atoms with van der Waals surface area (Å²) in [6.07, 6.45) is 6.81. The number of pyridine rings is 1. The molecule has 0 bridgehead atoms. The van der Waals surface area contributed by atoms with Gasteiger partial charge in [-0.25, -0.2) is 0 Å². The van der Waals surface area contributed by atoms with Crippen molar-refractivity contribution in [3.05, 3.63) is 30.1 Å². The van der Waals surface area contributed by atoms with Gasteiger partial charge >= 0.3 is 0 Å². The van der Waals surface area contributed by atoms with Crippen molar-refractivity contribution in [1.29, 1.82) is 0 Å². The van der Waals surface area contributed by atoms with Gasteiger partial charge in [0.05, 0.1) is 0 Å². The minimum Gasteiger partial charge on any atom is -0.264 e. The van der Waals surface area contributed by atoms with Gasteiger partial charge in [-0.3, -0.25) is 9.19 Å². The highest BCUT2D eigenvalue weighted by atomic mass is 32.2. The number of hydrogen-bond acceptors (Lipinski definition) is 2. The molecule has 1 aliphatic rings. The molecule has 0 amide bonds. The maximum Gasteiger partial charge on any atom is 0.0389 e. The molecule has 13 heavy (non-hydrogen) atoms. The van der Waals surface area contributed by atoms with Gasteiger partial charge in [0.25, 0.3) is 0 Å². The van der Waals surface area contributed by atoms with Crippen LogP contribution in [0.1, 0.15) is 18.4 Å². The molecule has 1 aromatic heterocycles. The zero-order valence-electron chi connectivity index (χ0n) is 7.48. The second kappa shape index (κ2) is 4.01. The van der Waals surface area contributed by atoms with Gasteiger partial charge in [0.1, 0.15) is 0 Å². The van der Waals surface area contributed by atoms with E-state index in [4.69, 9.17) is 0 Å². The summed E-state index contributed by atoms with van der Waals surface area (Å²) in [6, 6.07) is 4.00. The van der Waals surface area contributed by atoms with E-state index in [0.717, 1.165) is 25.0 Å². The van der Waals surface area contributed by atoms with Crippen molar-refractivity contribution in [1.82, 2.24) is 4.98 Å². The van der Waals surface area contributed by atoms with Crippen LogP contribution in [0.15, 0.2) is 24.5 Å². The molecule has 0 spiro atoms. The average Bonchev–Trinajstić information content (AvgIpc) is 2.54. The zero-order chi connectivity index (χ0) is 9.10. The highest BCUT2D eigenvalue weighted by molar-refractivity contribution is 7.85. The Hall–Kier alpha value is -0.700. The first-order chi connectivity index (χ1) is 6.36. The lowest BCUT2D eigenvalue weighted by Crippen LogP contribution is -2.12. The summed E-state index contributed by atoms with van der Waals surface area (Å²) in [6.45, 7) is 0. The van der Waals surface area contributed by atoms with Crippen LogP contribution in [0.5, 0.6) is 0 Å². The first kappa shape index (κ1) is 8.88. The third-order valence-corrected chi connectivity index (χ3v) is 4.27. The topological polar surface area (TPSA) is 30.0 Å². The Morgan fingerprint density at radius 1 is 1.62 bits per heavy atom. The van der Waals surface area contributed by atoms with E-state index in [1.807, 2.05) is 12.3 Å². The second-order valence-electron chi connectivity index (χ2n) is 3.41. The van der Waals surface area contributed by atoms with Crippen molar-refractivity contribution in [2.24, 2.45) is 0 Å². The molecule has 2 unspecified atom stereocenters. The average molecular weight is 195 g/mol. The Kier molecular flexibility index (Phi) is 2.74. The van der Waals surface area contributed by atoms with E-state index in [1.54, 1.807) is 6.20 Å². The van der Waals surface area contributed by atoms with E-state index in [0.29, 0.717) is 5.25 Å². The minimum absolute atomic E-state index is 0.379. The largest absolute Gasteiger partial charge is 0.264 e. The first-order valence-corrected chi connectivity index (χ1v) is 6.00. The van der Waals surface area contributed by atoms with E-state index in [1.165, 1.54) is 5.56 Å². The van der Waals surface area contributed by atoms with Crippen molar-refractivity contribution in [3.8, 4) is 0 Å². The molecule has 3 heteroatoms. The van der Waals surface area contributed by atoms with Crippen molar-refractivity contribution < 1.29 is 4.21 Å². The molecular formula is C10H13NOS. The number of aromatic nitrogens is 1. The lowest BCUT2D eigenvalue weighted by atomic mass is 10.1. The number of nitrogens with zero attached hydrogens (tertiary/aromatic N) is 1. The molecule has 1 aliphatic heterocycles. The Bertz CT molecular complexity index is 299. The van der Waals surface area contributed by atoms with Crippen LogP contribution in [-0.2, 0) is 17.2 Å². The molecule has 2 heterocycles. The fraction of sp³-hybridized carbons (Fsp3) is 0.500. The quantitative estimate of drug-likeness (QED) is 0.716. The fourth-order valence-electron chi connectivity index (χ4n) is 1.73. The lowest BCUT2D eigenvalue weighted by Gasteiger charge is -2.06. The Morgan fingerprint density at radius 3 is 3.15 bits per heavy atom. The predicted molar refractivity (Wildman–Crippen MR) is 54.0 cm³/mol. The molecule has 0 aromatic carbocycles. The van der Waals surface area contributed by atoms with Crippen LogP contribution in [0.3, 0.4) is 0 Å². The molecule has 2 atom stereocenters. The summed E-state index contributed by atoms with van der Waals surface area (Å²) >= 11 is 0. The summed E-state index contributed by atoms with van der Waals surface area (Å²) in [7, 11) is -0.589. The zero-order valence-corrected chi connectivity index (χ0v) is 8.30. The number of hydrogen-bond donors (Lipinski definition) is 0. The van der Waals surface area contributed by atoms with Crippen molar-refractivity contribution in [2.45, 2.75) is 24.5 Å². The van der Waals surface area contributed by atoms with Crippen LogP contribution in [0.25, 0.3) is 0 Å². The van der Waals surface area contributed by atoms with Crippen molar-refractivity contribution in [2.75, 3.05) is 5.75 Å². The van der Waals surface area contributed by atoms with Crippen molar-refractivity contribution in [3.63, 3.8) is 0 Å². The van der Waals surface area contributed by atoms with E-state index in [9.17, 15) is 4.21 Å². The summed E-state index contributed by atoms with van der Waals surface area (Å²) in [5.74, 6) is 0.894. The number of rotatable bonds is 2. The van der Waals surface area contributed by atoms with E-state index < -0.39 is 10.8 Å². The third-order valence-electron chi connectivity index (χ3n) is 2.43. The maximum atomic E-state index is 11.5. The molecule has 0 radical (unpaired) electrons. The first-order valence-electron chi connectivity index (χ1n) is 4.62. The highest BCUT2D eigenvalue weighted by Gasteiger charge is 2.22. The van der Waals surface area contributed by atoms with Crippen molar-refractivity contribution >= 4 is 10.8 Å². The standard InChI is InChI=1S/C10H13NOS/c12-13-6-2-4-10(13)7-9-3-1-5-11-8-9/h1,3,5,8,10H,2,4,6-7H2. The summed E-state index contributed by atoms with van der Waals surface area (Å²) in [5, 5.41) is 0.379. The minimum atomic E-state index is -0.589. The predicted octanol–water partition coefficient (Wildman–Crippen LogP) is 1.54. The molecule has 0 aliphatic carbocycles. The summed E-state index contributed by atoms with van der Waals surface area (Å²) < 4.78 is 11.5. The monoisotopic (exact) mass is 195 g/mol. The molecule has 1 fully saturated rings. The smallest absolute Gasteiger partial charge is 0.0389 e. The molecule has 2 nitrogen and oxygen atoms in total. The molecular weight excluding hydrogens is 182 g/mol. The molecule has 1 aromatic rings. The van der Waals surface area contributed by atoms with Gasteiger partial charge in [-0.1, -0.05) is 6.07 Å². The Labute approximate surface area is 80.8 Å². The van der Waals surface area contributed by atoms with Gasteiger partial charge < -0.3 is 0 Å².